The summed E-state index contributed by atoms with van der Waals surface area (Å²) in [5.41, 5.74) is 0.947. The van der Waals surface area contributed by atoms with Gasteiger partial charge in [0.05, 0.1) is 39.6 Å². The van der Waals surface area contributed by atoms with Gasteiger partial charge in [-0.25, -0.2) is 4.57 Å². The topological polar surface area (TPSA) is 92.7 Å². The first kappa shape index (κ1) is 34.7. The van der Waals surface area contributed by atoms with Crippen molar-refractivity contribution in [2.24, 2.45) is 0 Å². The van der Waals surface area contributed by atoms with Crippen molar-refractivity contribution < 1.29 is 37.8 Å². The number of fused-ring (bicyclic) bond motifs is 1. The van der Waals surface area contributed by atoms with Crippen LogP contribution in [0.15, 0.2) is 36.4 Å². The predicted octanol–water partition coefficient (Wildman–Crippen LogP) is 8.19. The van der Waals surface area contributed by atoms with Gasteiger partial charge in [-0.1, -0.05) is 112 Å². The Morgan fingerprint density at radius 2 is 1.25 bits per heavy atom. The second-order valence-electron chi connectivity index (χ2n) is 9.94. The zero-order valence-corrected chi connectivity index (χ0v) is 25.5. The molecule has 0 radical (unpaired) electrons. The van der Waals surface area contributed by atoms with Gasteiger partial charge < -0.3 is 24.0 Å². The Bertz CT molecular complexity index is 954. The van der Waals surface area contributed by atoms with Crippen LogP contribution in [0.5, 0.6) is 5.75 Å². The largest absolute Gasteiger partial charge is 0.508 e. The molecule has 0 saturated heterocycles. The van der Waals surface area contributed by atoms with Gasteiger partial charge in [0, 0.05) is 12.0 Å². The van der Waals surface area contributed by atoms with Crippen LogP contribution in [0.1, 0.15) is 90.0 Å². The summed E-state index contributed by atoms with van der Waals surface area (Å²) in [7, 11) is -4.44. The summed E-state index contributed by atoms with van der Waals surface area (Å²) in [6.07, 6.45) is 14.8. The maximum atomic E-state index is 12.4. The van der Waals surface area contributed by atoms with Crippen molar-refractivity contribution in [2.45, 2.75) is 90.9 Å². The lowest BCUT2D eigenvalue weighted by molar-refractivity contribution is -0.128. The number of benzene rings is 2. The molecule has 9 heteroatoms. The van der Waals surface area contributed by atoms with Crippen molar-refractivity contribution in [1.82, 2.24) is 0 Å². The van der Waals surface area contributed by atoms with Gasteiger partial charge in [-0.15, -0.1) is 0 Å². The first-order valence-electron chi connectivity index (χ1n) is 15.1. The maximum absolute atomic E-state index is 12.4. The lowest BCUT2D eigenvalue weighted by Crippen LogP contribution is -2.12. The molecular weight excluding hydrogens is 531 g/mol. The van der Waals surface area contributed by atoms with Gasteiger partial charge in [0.15, 0.2) is 5.75 Å². The number of phosphoric acid groups is 1. The fourth-order valence-electron chi connectivity index (χ4n) is 4.46. The molecule has 2 aromatic carbocycles. The second kappa shape index (κ2) is 22.1. The van der Waals surface area contributed by atoms with Crippen LogP contribution in [0.25, 0.3) is 10.8 Å². The average Bonchev–Trinajstić information content (AvgIpc) is 2.96. The van der Waals surface area contributed by atoms with Crippen LogP contribution in [-0.2, 0) is 34.4 Å². The van der Waals surface area contributed by atoms with Crippen LogP contribution in [0, 0.1) is 0 Å². The fourth-order valence-corrected chi connectivity index (χ4v) is 4.98. The molecule has 8 nitrogen and oxygen atoms in total. The van der Waals surface area contributed by atoms with E-state index in [1.165, 1.54) is 57.8 Å². The van der Waals surface area contributed by atoms with E-state index in [2.05, 4.69) is 6.92 Å². The normalized spacial score (nSPS) is 13.1. The molecule has 0 aliphatic carbocycles. The van der Waals surface area contributed by atoms with Gasteiger partial charge in [-0.05, 0) is 30.7 Å². The van der Waals surface area contributed by atoms with Gasteiger partial charge in [-0.3, -0.25) is 4.52 Å². The summed E-state index contributed by atoms with van der Waals surface area (Å²) in [6.45, 7) is 6.65. The van der Waals surface area contributed by atoms with Crippen LogP contribution in [-0.4, -0.2) is 51.1 Å². The Morgan fingerprint density at radius 1 is 0.675 bits per heavy atom. The number of rotatable bonds is 26. The lowest BCUT2D eigenvalue weighted by Gasteiger charge is -2.15. The van der Waals surface area contributed by atoms with Crippen molar-refractivity contribution >= 4 is 18.6 Å². The van der Waals surface area contributed by atoms with E-state index >= 15 is 0 Å². The maximum Gasteiger partial charge on any atom is 0.508 e. The van der Waals surface area contributed by atoms with Gasteiger partial charge in [0.2, 0.25) is 0 Å². The van der Waals surface area contributed by atoms with Gasteiger partial charge in [-0.2, -0.15) is 0 Å². The van der Waals surface area contributed by atoms with Gasteiger partial charge in [0.25, 0.3) is 0 Å². The van der Waals surface area contributed by atoms with E-state index < -0.39 is 7.82 Å². The minimum atomic E-state index is -4.44. The van der Waals surface area contributed by atoms with E-state index in [0.717, 1.165) is 35.6 Å². The average molecular weight is 583 g/mol. The molecule has 0 amide bonds. The summed E-state index contributed by atoms with van der Waals surface area (Å²) < 4.78 is 38.3. The number of unbranched alkanes of at least 4 members (excludes halogenated alkanes) is 10. The summed E-state index contributed by atoms with van der Waals surface area (Å²) in [5.74, 6) is 0.462. The van der Waals surface area contributed by atoms with E-state index in [4.69, 9.17) is 28.3 Å². The number of hydrogen-bond acceptors (Lipinski definition) is 7. The first-order valence-corrected chi connectivity index (χ1v) is 16.6. The molecule has 0 aromatic heterocycles. The quantitative estimate of drug-likeness (QED) is 0.0514. The standard InChI is InChI=1S/C31H51O8P/c1-3-5-6-7-8-9-10-11-12-13-14-18-29-21-20-28-17-15-16-19-30(28)31(29)38-39-40(32,33)37-27-26-36-25-24-35-23-22-34-4-2/h15-17,19-21H,3-14,18,22-27H2,1-2H3,(H,32,33). The van der Waals surface area contributed by atoms with Crippen LogP contribution >= 0.6 is 7.82 Å². The minimum absolute atomic E-state index is 0.114. The van der Waals surface area contributed by atoms with Gasteiger partial charge in [0.1, 0.15) is 0 Å². The fraction of sp³-hybridized carbons (Fsp3) is 0.677. The molecule has 0 saturated carbocycles. The molecule has 0 aliphatic heterocycles. The van der Waals surface area contributed by atoms with Crippen molar-refractivity contribution in [3.05, 3.63) is 42.0 Å². The Balaban J connectivity index is 1.72. The van der Waals surface area contributed by atoms with E-state index in [1.54, 1.807) is 0 Å². The molecule has 1 atom stereocenters. The second-order valence-corrected chi connectivity index (χ2v) is 11.3. The van der Waals surface area contributed by atoms with E-state index in [9.17, 15) is 9.46 Å². The lowest BCUT2D eigenvalue weighted by atomic mass is 10.00. The van der Waals surface area contributed by atoms with E-state index in [0.29, 0.717) is 38.8 Å². The molecular formula is C31H51O8P. The molecule has 1 unspecified atom stereocenters. The highest BCUT2D eigenvalue weighted by atomic mass is 31.2. The SMILES string of the molecule is CCCCCCCCCCCCCc1ccc2ccccc2c1OOP(=O)(O)OCCOCCOCCOCC. The molecule has 1 N–H and O–H groups in total. The Labute approximate surface area is 241 Å². The number of phosphoric ester groups is 1. The molecule has 228 valence electrons. The highest BCUT2D eigenvalue weighted by molar-refractivity contribution is 7.47. The Morgan fingerprint density at radius 3 is 1.90 bits per heavy atom. The molecule has 0 heterocycles. The molecule has 0 bridgehead atoms. The van der Waals surface area contributed by atoms with Crippen LogP contribution in [0.4, 0.5) is 0 Å². The van der Waals surface area contributed by atoms with Crippen LogP contribution in [0.2, 0.25) is 0 Å². The van der Waals surface area contributed by atoms with Crippen molar-refractivity contribution in [1.29, 1.82) is 0 Å². The van der Waals surface area contributed by atoms with Crippen molar-refractivity contribution in [2.75, 3.05) is 46.2 Å². The molecule has 0 fully saturated rings. The Kier molecular flexibility index (Phi) is 19.2. The molecule has 0 aliphatic rings. The first-order chi connectivity index (χ1) is 19.6. The molecule has 40 heavy (non-hydrogen) atoms. The highest BCUT2D eigenvalue weighted by Gasteiger charge is 2.25. The predicted molar refractivity (Wildman–Crippen MR) is 160 cm³/mol. The summed E-state index contributed by atoms with van der Waals surface area (Å²) in [5, 5.41) is 1.80. The molecule has 2 aromatic rings. The van der Waals surface area contributed by atoms with Crippen molar-refractivity contribution in [3.8, 4) is 5.75 Å². The monoisotopic (exact) mass is 582 g/mol. The van der Waals surface area contributed by atoms with Gasteiger partial charge >= 0.3 is 7.82 Å². The third kappa shape index (κ3) is 15.5. The zero-order valence-electron chi connectivity index (χ0n) is 24.7. The zero-order chi connectivity index (χ0) is 28.7. The number of ether oxygens (including phenoxy) is 3. The highest BCUT2D eigenvalue weighted by Crippen LogP contribution is 2.44. The molecule has 0 spiro atoms. The minimum Gasteiger partial charge on any atom is -0.379 e. The van der Waals surface area contributed by atoms with E-state index in [1.807, 2.05) is 43.3 Å². The third-order valence-corrected chi connectivity index (χ3v) is 7.43. The third-order valence-electron chi connectivity index (χ3n) is 6.66. The van der Waals surface area contributed by atoms with E-state index in [-0.39, 0.29) is 13.2 Å². The summed E-state index contributed by atoms with van der Waals surface area (Å²) in [6, 6.07) is 11.8. The summed E-state index contributed by atoms with van der Waals surface area (Å²) >= 11 is 0. The van der Waals surface area contributed by atoms with Crippen molar-refractivity contribution in [3.63, 3.8) is 0 Å². The van der Waals surface area contributed by atoms with Crippen LogP contribution < -0.4 is 4.89 Å². The summed E-state index contributed by atoms with van der Waals surface area (Å²) in [4.78, 5) is 15.6. The smallest absolute Gasteiger partial charge is 0.379 e. The van der Waals surface area contributed by atoms with Crippen LogP contribution in [0.3, 0.4) is 0 Å². The molecule has 2 rings (SSSR count). The Hall–Kier alpha value is -1.51. The number of aryl methyl sites for hydroxylation is 1. The number of hydrogen-bond donors (Lipinski definition) is 1.